The van der Waals surface area contributed by atoms with Crippen molar-refractivity contribution >= 4 is 11.8 Å². The normalized spacial score (nSPS) is 15.1. The van der Waals surface area contributed by atoms with Gasteiger partial charge in [0.05, 0.1) is 6.54 Å². The molecule has 1 saturated heterocycles. The standard InChI is InChI=1S/C17H27N7/c1-13(2)24-12-18-21-16(24)11-22(4)15-10-14(3)19-17(20-15)23-8-6-5-7-9-23/h10,12-13H,5-9,11H2,1-4H3. The fraction of sp³-hybridized carbons (Fsp3) is 0.647. The number of piperidine rings is 1. The van der Waals surface area contributed by atoms with Gasteiger partial charge in [0.2, 0.25) is 5.95 Å². The van der Waals surface area contributed by atoms with E-state index in [1.165, 1.54) is 19.3 Å². The lowest BCUT2D eigenvalue weighted by molar-refractivity contribution is 0.561. The molecular formula is C17H27N7. The molecule has 0 atom stereocenters. The van der Waals surface area contributed by atoms with E-state index >= 15 is 0 Å². The molecule has 0 unspecified atom stereocenters. The van der Waals surface area contributed by atoms with Gasteiger partial charge in [0.15, 0.2) is 5.82 Å². The molecule has 130 valence electrons. The van der Waals surface area contributed by atoms with Crippen LogP contribution in [0.4, 0.5) is 11.8 Å². The largest absolute Gasteiger partial charge is 0.352 e. The zero-order valence-electron chi connectivity index (χ0n) is 15.1. The zero-order valence-corrected chi connectivity index (χ0v) is 15.1. The quantitative estimate of drug-likeness (QED) is 0.840. The van der Waals surface area contributed by atoms with Crippen molar-refractivity contribution in [3.05, 3.63) is 23.9 Å². The van der Waals surface area contributed by atoms with Crippen LogP contribution >= 0.6 is 0 Å². The SMILES string of the molecule is Cc1cc(N(C)Cc2nncn2C(C)C)nc(N2CCCCC2)n1. The highest BCUT2D eigenvalue weighted by atomic mass is 15.3. The van der Waals surface area contributed by atoms with Gasteiger partial charge in [0.1, 0.15) is 12.1 Å². The summed E-state index contributed by atoms with van der Waals surface area (Å²) in [5, 5.41) is 8.30. The second-order valence-corrected chi connectivity index (χ2v) is 6.82. The van der Waals surface area contributed by atoms with Gasteiger partial charge < -0.3 is 14.4 Å². The van der Waals surface area contributed by atoms with Crippen molar-refractivity contribution in [1.29, 1.82) is 0 Å². The molecule has 2 aromatic rings. The predicted octanol–water partition coefficient (Wildman–Crippen LogP) is 2.58. The highest BCUT2D eigenvalue weighted by molar-refractivity contribution is 5.45. The maximum atomic E-state index is 4.80. The smallest absolute Gasteiger partial charge is 0.227 e. The number of aryl methyl sites for hydroxylation is 1. The summed E-state index contributed by atoms with van der Waals surface area (Å²) in [6, 6.07) is 2.38. The number of anilines is 2. The summed E-state index contributed by atoms with van der Waals surface area (Å²) in [5.74, 6) is 2.73. The van der Waals surface area contributed by atoms with Crippen molar-refractivity contribution in [2.75, 3.05) is 29.9 Å². The minimum atomic E-state index is 0.347. The van der Waals surface area contributed by atoms with E-state index in [4.69, 9.17) is 4.98 Å². The molecular weight excluding hydrogens is 302 g/mol. The lowest BCUT2D eigenvalue weighted by Crippen LogP contribution is -2.32. The Morgan fingerprint density at radius 2 is 1.92 bits per heavy atom. The van der Waals surface area contributed by atoms with Crippen molar-refractivity contribution < 1.29 is 0 Å². The third-order valence-electron chi connectivity index (χ3n) is 4.44. The van der Waals surface area contributed by atoms with Gasteiger partial charge in [0.25, 0.3) is 0 Å². The lowest BCUT2D eigenvalue weighted by Gasteiger charge is -2.28. The average molecular weight is 329 g/mol. The first kappa shape index (κ1) is 16.7. The van der Waals surface area contributed by atoms with Crippen LogP contribution < -0.4 is 9.80 Å². The van der Waals surface area contributed by atoms with Crippen LogP contribution in [0.15, 0.2) is 12.4 Å². The van der Waals surface area contributed by atoms with Crippen molar-refractivity contribution in [1.82, 2.24) is 24.7 Å². The molecule has 0 spiro atoms. The maximum absolute atomic E-state index is 4.80. The van der Waals surface area contributed by atoms with E-state index < -0.39 is 0 Å². The Morgan fingerprint density at radius 1 is 1.17 bits per heavy atom. The Labute approximate surface area is 143 Å². The summed E-state index contributed by atoms with van der Waals surface area (Å²) in [6.07, 6.45) is 5.54. The molecule has 3 rings (SSSR count). The molecule has 0 amide bonds. The Morgan fingerprint density at radius 3 is 2.62 bits per heavy atom. The minimum absolute atomic E-state index is 0.347. The first-order valence-electron chi connectivity index (χ1n) is 8.74. The molecule has 7 heteroatoms. The van der Waals surface area contributed by atoms with Crippen molar-refractivity contribution in [2.45, 2.75) is 52.6 Å². The number of hydrogen-bond acceptors (Lipinski definition) is 6. The van der Waals surface area contributed by atoms with Crippen LogP contribution in [0.2, 0.25) is 0 Å². The molecule has 1 aliphatic heterocycles. The number of rotatable bonds is 5. The molecule has 0 aromatic carbocycles. The van der Waals surface area contributed by atoms with Gasteiger partial charge in [-0.1, -0.05) is 0 Å². The van der Waals surface area contributed by atoms with Crippen LogP contribution in [0.1, 0.15) is 50.7 Å². The first-order chi connectivity index (χ1) is 11.5. The van der Waals surface area contributed by atoms with Crippen LogP contribution in [0.25, 0.3) is 0 Å². The van der Waals surface area contributed by atoms with Gasteiger partial charge in [-0.2, -0.15) is 4.98 Å². The molecule has 3 heterocycles. The average Bonchev–Trinajstić information content (AvgIpc) is 3.03. The first-order valence-corrected chi connectivity index (χ1v) is 8.74. The Bertz CT molecular complexity index is 673. The van der Waals surface area contributed by atoms with Gasteiger partial charge in [-0.25, -0.2) is 4.98 Å². The summed E-state index contributed by atoms with van der Waals surface area (Å²) in [5.41, 5.74) is 0.998. The topological polar surface area (TPSA) is 63.0 Å². The van der Waals surface area contributed by atoms with E-state index in [0.29, 0.717) is 12.6 Å². The Kier molecular flexibility index (Phi) is 4.97. The lowest BCUT2D eigenvalue weighted by atomic mass is 10.1. The van der Waals surface area contributed by atoms with Crippen molar-refractivity contribution in [3.8, 4) is 0 Å². The summed E-state index contributed by atoms with van der Waals surface area (Å²) in [6.45, 7) is 9.08. The monoisotopic (exact) mass is 329 g/mol. The van der Waals surface area contributed by atoms with E-state index in [2.05, 4.69) is 43.4 Å². The van der Waals surface area contributed by atoms with Gasteiger partial charge >= 0.3 is 0 Å². The molecule has 24 heavy (non-hydrogen) atoms. The molecule has 2 aromatic heterocycles. The molecule has 0 saturated carbocycles. The number of hydrogen-bond donors (Lipinski definition) is 0. The number of aromatic nitrogens is 5. The molecule has 1 fully saturated rings. The summed E-state index contributed by atoms with van der Waals surface area (Å²) >= 11 is 0. The third kappa shape index (κ3) is 3.66. The number of nitrogens with zero attached hydrogens (tertiary/aromatic N) is 7. The highest BCUT2D eigenvalue weighted by Crippen LogP contribution is 2.21. The van der Waals surface area contributed by atoms with Crippen molar-refractivity contribution in [2.24, 2.45) is 0 Å². The minimum Gasteiger partial charge on any atom is -0.352 e. The molecule has 0 aliphatic carbocycles. The third-order valence-corrected chi connectivity index (χ3v) is 4.44. The van der Waals surface area contributed by atoms with Gasteiger partial charge in [-0.05, 0) is 40.0 Å². The Hall–Kier alpha value is -2.18. The van der Waals surface area contributed by atoms with Gasteiger partial charge in [0, 0.05) is 37.9 Å². The molecule has 0 bridgehead atoms. The van der Waals surface area contributed by atoms with Crippen LogP contribution in [0.3, 0.4) is 0 Å². The molecule has 7 nitrogen and oxygen atoms in total. The zero-order chi connectivity index (χ0) is 17.1. The van der Waals surface area contributed by atoms with E-state index in [1.807, 2.05) is 20.0 Å². The second-order valence-electron chi connectivity index (χ2n) is 6.82. The van der Waals surface area contributed by atoms with E-state index in [0.717, 1.165) is 36.4 Å². The van der Waals surface area contributed by atoms with Crippen LogP contribution in [-0.4, -0.2) is 44.9 Å². The molecule has 0 radical (unpaired) electrons. The van der Waals surface area contributed by atoms with Crippen LogP contribution in [-0.2, 0) is 6.54 Å². The van der Waals surface area contributed by atoms with Crippen LogP contribution in [0, 0.1) is 6.92 Å². The van der Waals surface area contributed by atoms with Gasteiger partial charge in [-0.15, -0.1) is 10.2 Å². The summed E-state index contributed by atoms with van der Waals surface area (Å²) in [7, 11) is 2.04. The molecule has 1 aliphatic rings. The summed E-state index contributed by atoms with van der Waals surface area (Å²) < 4.78 is 2.09. The Balaban J connectivity index is 1.80. The van der Waals surface area contributed by atoms with E-state index in [1.54, 1.807) is 6.33 Å². The molecule has 0 N–H and O–H groups in total. The summed E-state index contributed by atoms with van der Waals surface area (Å²) in [4.78, 5) is 13.8. The van der Waals surface area contributed by atoms with Crippen LogP contribution in [0.5, 0.6) is 0 Å². The van der Waals surface area contributed by atoms with E-state index in [-0.39, 0.29) is 0 Å². The van der Waals surface area contributed by atoms with Gasteiger partial charge in [-0.3, -0.25) is 0 Å². The van der Waals surface area contributed by atoms with Crippen molar-refractivity contribution in [3.63, 3.8) is 0 Å². The fourth-order valence-electron chi connectivity index (χ4n) is 3.07. The maximum Gasteiger partial charge on any atom is 0.227 e. The second kappa shape index (κ2) is 7.15. The highest BCUT2D eigenvalue weighted by Gasteiger charge is 2.17. The predicted molar refractivity (Wildman–Crippen MR) is 95.3 cm³/mol. The van der Waals surface area contributed by atoms with E-state index in [9.17, 15) is 0 Å². The fourth-order valence-corrected chi connectivity index (χ4v) is 3.07.